The van der Waals surface area contributed by atoms with E-state index in [9.17, 15) is 4.79 Å². The second-order valence-electron chi connectivity index (χ2n) is 7.20. The second-order valence-corrected chi connectivity index (χ2v) is 7.20. The van der Waals surface area contributed by atoms with E-state index in [0.29, 0.717) is 6.54 Å². The molecule has 0 aliphatic carbocycles. The van der Waals surface area contributed by atoms with Crippen molar-refractivity contribution >= 4 is 6.08 Å². The molecule has 0 aliphatic heterocycles. The summed E-state index contributed by atoms with van der Waals surface area (Å²) < 4.78 is 12.0. The van der Waals surface area contributed by atoms with Crippen molar-refractivity contribution in [1.82, 2.24) is 9.78 Å². The van der Waals surface area contributed by atoms with Gasteiger partial charge in [-0.3, -0.25) is 4.79 Å². The lowest BCUT2D eigenvalue weighted by molar-refractivity contribution is 0.414. The molecule has 0 saturated heterocycles. The van der Waals surface area contributed by atoms with Gasteiger partial charge in [0, 0.05) is 17.2 Å². The lowest BCUT2D eigenvalue weighted by atomic mass is 10.00. The van der Waals surface area contributed by atoms with Gasteiger partial charge in [0.1, 0.15) is 11.5 Å². The van der Waals surface area contributed by atoms with Gasteiger partial charge in [0.25, 0.3) is 5.56 Å². The molecule has 5 heteroatoms. The zero-order chi connectivity index (χ0) is 22.3. The number of ether oxygens (including phenoxy) is 2. The molecule has 1 heterocycles. The Bertz CT molecular complexity index is 1260. The number of benzene rings is 3. The van der Waals surface area contributed by atoms with E-state index in [-0.39, 0.29) is 5.56 Å². The molecule has 32 heavy (non-hydrogen) atoms. The highest BCUT2D eigenvalue weighted by molar-refractivity contribution is 5.80. The van der Waals surface area contributed by atoms with Crippen LogP contribution in [-0.4, -0.2) is 24.0 Å². The largest absolute Gasteiger partial charge is 0.497 e. The van der Waals surface area contributed by atoms with Gasteiger partial charge in [-0.15, -0.1) is 0 Å². The summed E-state index contributed by atoms with van der Waals surface area (Å²) in [5.41, 5.74) is 4.21. The Morgan fingerprint density at radius 3 is 2.00 bits per heavy atom. The quantitative estimate of drug-likeness (QED) is 0.404. The molecule has 0 saturated carbocycles. The van der Waals surface area contributed by atoms with Crippen molar-refractivity contribution in [1.29, 1.82) is 0 Å². The number of rotatable bonds is 7. The van der Waals surface area contributed by atoms with Crippen LogP contribution in [0, 0.1) is 0 Å². The molecule has 0 fully saturated rings. The van der Waals surface area contributed by atoms with Crippen LogP contribution in [0.1, 0.15) is 5.56 Å². The van der Waals surface area contributed by atoms with Crippen LogP contribution in [0.3, 0.4) is 0 Å². The van der Waals surface area contributed by atoms with Crippen molar-refractivity contribution in [2.45, 2.75) is 6.54 Å². The molecule has 160 valence electrons. The molecule has 4 rings (SSSR count). The molecule has 0 atom stereocenters. The molecule has 0 amide bonds. The number of hydrogen-bond donors (Lipinski definition) is 0. The average Bonchev–Trinajstić information content (AvgIpc) is 2.85. The SMILES string of the molecule is COc1ccc(-c2cc(=O)n(CC=Cc3ccccc3)nc2-c2ccc(OC)cc2)cc1. The average molecular weight is 425 g/mol. The third kappa shape index (κ3) is 4.78. The zero-order valence-corrected chi connectivity index (χ0v) is 18.1. The fourth-order valence-corrected chi connectivity index (χ4v) is 3.43. The molecular weight excluding hydrogens is 400 g/mol. The Morgan fingerprint density at radius 1 is 0.812 bits per heavy atom. The van der Waals surface area contributed by atoms with Gasteiger partial charge >= 0.3 is 0 Å². The van der Waals surface area contributed by atoms with Crippen LogP contribution < -0.4 is 15.0 Å². The summed E-state index contributed by atoms with van der Waals surface area (Å²) in [5.74, 6) is 1.52. The van der Waals surface area contributed by atoms with Gasteiger partial charge in [0.2, 0.25) is 0 Å². The highest BCUT2D eigenvalue weighted by Gasteiger charge is 2.13. The smallest absolute Gasteiger partial charge is 0.267 e. The fraction of sp³-hybridized carbons (Fsp3) is 0.111. The van der Waals surface area contributed by atoms with Crippen LogP contribution in [-0.2, 0) is 6.54 Å². The molecule has 5 nitrogen and oxygen atoms in total. The number of nitrogens with zero attached hydrogens (tertiary/aromatic N) is 2. The van der Waals surface area contributed by atoms with Gasteiger partial charge in [-0.1, -0.05) is 54.6 Å². The maximum atomic E-state index is 12.9. The van der Waals surface area contributed by atoms with Gasteiger partial charge in [-0.2, -0.15) is 5.10 Å². The van der Waals surface area contributed by atoms with Gasteiger partial charge in [0.15, 0.2) is 0 Å². The topological polar surface area (TPSA) is 53.4 Å². The highest BCUT2D eigenvalue weighted by atomic mass is 16.5. The van der Waals surface area contributed by atoms with E-state index >= 15 is 0 Å². The molecule has 1 aromatic heterocycles. The third-order valence-electron chi connectivity index (χ3n) is 5.15. The van der Waals surface area contributed by atoms with Crippen molar-refractivity contribution in [3.63, 3.8) is 0 Å². The normalized spacial score (nSPS) is 10.9. The predicted molar refractivity (Wildman–Crippen MR) is 128 cm³/mol. The van der Waals surface area contributed by atoms with Crippen molar-refractivity contribution in [2.24, 2.45) is 0 Å². The first-order valence-corrected chi connectivity index (χ1v) is 10.3. The minimum Gasteiger partial charge on any atom is -0.497 e. The lowest BCUT2D eigenvalue weighted by Gasteiger charge is -2.13. The Kier molecular flexibility index (Phi) is 6.46. The Hall–Kier alpha value is -4.12. The Balaban J connectivity index is 1.75. The van der Waals surface area contributed by atoms with E-state index < -0.39 is 0 Å². The van der Waals surface area contributed by atoms with Gasteiger partial charge < -0.3 is 9.47 Å². The van der Waals surface area contributed by atoms with Crippen LogP contribution in [0.5, 0.6) is 11.5 Å². The standard InChI is InChI=1S/C27H24N2O3/c1-31-23-14-10-21(11-15-23)25-19-26(30)29(18-6-9-20-7-4-3-5-8-20)28-27(25)22-12-16-24(32-2)17-13-22/h3-17,19H,18H2,1-2H3. The van der Waals surface area contributed by atoms with E-state index in [1.54, 1.807) is 20.3 Å². The summed E-state index contributed by atoms with van der Waals surface area (Å²) >= 11 is 0. The zero-order valence-electron chi connectivity index (χ0n) is 18.1. The van der Waals surface area contributed by atoms with E-state index in [0.717, 1.165) is 39.4 Å². The summed E-state index contributed by atoms with van der Waals surface area (Å²) in [5, 5.41) is 4.73. The molecule has 0 radical (unpaired) electrons. The minimum absolute atomic E-state index is 0.161. The molecule has 4 aromatic rings. The summed E-state index contributed by atoms with van der Waals surface area (Å²) in [7, 11) is 3.26. The van der Waals surface area contributed by atoms with E-state index in [1.165, 1.54) is 4.68 Å². The maximum Gasteiger partial charge on any atom is 0.267 e. The van der Waals surface area contributed by atoms with Gasteiger partial charge in [0.05, 0.1) is 26.5 Å². The summed E-state index contributed by atoms with van der Waals surface area (Å²) in [6.45, 7) is 0.375. The van der Waals surface area contributed by atoms with Crippen LogP contribution in [0.2, 0.25) is 0 Å². The minimum atomic E-state index is -0.161. The summed E-state index contributed by atoms with van der Waals surface area (Å²) in [6.07, 6.45) is 3.92. The van der Waals surface area contributed by atoms with Gasteiger partial charge in [-0.05, 0) is 47.5 Å². The van der Waals surface area contributed by atoms with Crippen LogP contribution in [0.4, 0.5) is 0 Å². The second kappa shape index (κ2) is 9.79. The van der Waals surface area contributed by atoms with Gasteiger partial charge in [-0.25, -0.2) is 4.68 Å². The first kappa shape index (κ1) is 21.1. The highest BCUT2D eigenvalue weighted by Crippen LogP contribution is 2.31. The fourth-order valence-electron chi connectivity index (χ4n) is 3.43. The number of methoxy groups -OCH3 is 2. The van der Waals surface area contributed by atoms with Crippen molar-refractivity contribution in [3.8, 4) is 33.9 Å². The predicted octanol–water partition coefficient (Wildman–Crippen LogP) is 5.31. The number of allylic oxidation sites excluding steroid dienone is 1. The lowest BCUT2D eigenvalue weighted by Crippen LogP contribution is -2.22. The van der Waals surface area contributed by atoms with Crippen LogP contribution >= 0.6 is 0 Å². The molecular formula is C27H24N2O3. The number of aromatic nitrogens is 2. The van der Waals surface area contributed by atoms with Crippen LogP contribution in [0.15, 0.2) is 95.8 Å². The molecule has 0 N–H and O–H groups in total. The third-order valence-corrected chi connectivity index (χ3v) is 5.15. The maximum absolute atomic E-state index is 12.9. The first-order valence-electron chi connectivity index (χ1n) is 10.3. The molecule has 0 aliphatic rings. The summed E-state index contributed by atoms with van der Waals surface area (Å²) in [4.78, 5) is 12.9. The van der Waals surface area contributed by atoms with E-state index in [4.69, 9.17) is 14.6 Å². The van der Waals surface area contributed by atoms with Crippen molar-refractivity contribution < 1.29 is 9.47 Å². The summed E-state index contributed by atoms with van der Waals surface area (Å²) in [6, 6.07) is 26.9. The van der Waals surface area contributed by atoms with E-state index in [2.05, 4.69) is 0 Å². The van der Waals surface area contributed by atoms with Crippen LogP contribution in [0.25, 0.3) is 28.5 Å². The molecule has 0 unspecified atom stereocenters. The molecule has 0 bridgehead atoms. The van der Waals surface area contributed by atoms with Crippen molar-refractivity contribution in [3.05, 3.63) is 107 Å². The van der Waals surface area contributed by atoms with Crippen molar-refractivity contribution in [2.75, 3.05) is 14.2 Å². The Labute approximate surface area is 187 Å². The molecule has 0 spiro atoms. The molecule has 3 aromatic carbocycles. The number of hydrogen-bond acceptors (Lipinski definition) is 4. The van der Waals surface area contributed by atoms with E-state index in [1.807, 2.05) is 91.0 Å². The Morgan fingerprint density at radius 2 is 1.41 bits per heavy atom. The first-order chi connectivity index (χ1) is 15.7. The monoisotopic (exact) mass is 424 g/mol.